The predicted molar refractivity (Wildman–Crippen MR) is 144 cm³/mol. The lowest BCUT2D eigenvalue weighted by molar-refractivity contribution is 0.0937. The van der Waals surface area contributed by atoms with E-state index in [1.54, 1.807) is 37.4 Å². The molecule has 8 nitrogen and oxygen atoms in total. The van der Waals surface area contributed by atoms with Gasteiger partial charge in [0.1, 0.15) is 11.5 Å². The molecule has 0 aliphatic heterocycles. The highest BCUT2D eigenvalue weighted by atomic mass is 16.5. The molecule has 2 aromatic rings. The fourth-order valence-electron chi connectivity index (χ4n) is 3.66. The Bertz CT molecular complexity index is 918. The Balaban J connectivity index is 1.78. The van der Waals surface area contributed by atoms with Gasteiger partial charge < -0.3 is 30.2 Å². The first-order valence-electron chi connectivity index (χ1n) is 12.8. The van der Waals surface area contributed by atoms with Crippen LogP contribution in [0.25, 0.3) is 0 Å². The second kappa shape index (κ2) is 17.2. The van der Waals surface area contributed by atoms with Gasteiger partial charge in [-0.1, -0.05) is 51.9 Å². The molecule has 36 heavy (non-hydrogen) atoms. The van der Waals surface area contributed by atoms with Gasteiger partial charge in [0, 0.05) is 24.9 Å². The van der Waals surface area contributed by atoms with Gasteiger partial charge in [-0.15, -0.1) is 0 Å². The lowest BCUT2D eigenvalue weighted by Gasteiger charge is -2.13. The monoisotopic (exact) mass is 499 g/mol. The molecule has 0 unspecified atom stereocenters. The number of methoxy groups -OCH3 is 2. The highest BCUT2D eigenvalue weighted by Gasteiger charge is 2.13. The predicted octanol–water partition coefficient (Wildman–Crippen LogP) is 6.23. The standard InChI is InChI=1S/C28H41N3O5/c1-4-5-6-7-8-9-10-11-19-36-24-15-13-23(14-16-24)30-28(33)31-25-21-22(12-17-26(25)35-3)27(32)29-18-20-34-2/h12-17,21H,4-11,18-20H2,1-3H3,(H,29,32)(H2,30,31,33). The molecule has 0 aromatic heterocycles. The van der Waals surface area contributed by atoms with Gasteiger partial charge in [-0.05, 0) is 48.9 Å². The van der Waals surface area contributed by atoms with Crippen molar-refractivity contribution in [3.8, 4) is 11.5 Å². The number of hydrogen-bond acceptors (Lipinski definition) is 5. The van der Waals surface area contributed by atoms with Crippen molar-refractivity contribution in [1.29, 1.82) is 0 Å². The number of rotatable bonds is 17. The van der Waals surface area contributed by atoms with Crippen molar-refractivity contribution in [2.75, 3.05) is 44.6 Å². The van der Waals surface area contributed by atoms with Crippen LogP contribution in [0, 0.1) is 0 Å². The van der Waals surface area contributed by atoms with E-state index in [1.807, 2.05) is 12.1 Å². The van der Waals surface area contributed by atoms with Crippen molar-refractivity contribution in [2.45, 2.75) is 58.3 Å². The lowest BCUT2D eigenvalue weighted by Crippen LogP contribution is -2.27. The van der Waals surface area contributed by atoms with Crippen LogP contribution in [0.1, 0.15) is 68.6 Å². The Kier molecular flexibility index (Phi) is 13.9. The van der Waals surface area contributed by atoms with Gasteiger partial charge >= 0.3 is 6.03 Å². The number of carbonyl (C=O) groups is 2. The van der Waals surface area contributed by atoms with Crippen LogP contribution in [0.2, 0.25) is 0 Å². The van der Waals surface area contributed by atoms with Crippen LogP contribution in [-0.2, 0) is 4.74 Å². The van der Waals surface area contributed by atoms with Crippen molar-refractivity contribution >= 4 is 23.3 Å². The summed E-state index contributed by atoms with van der Waals surface area (Å²) in [6.07, 6.45) is 10.1. The van der Waals surface area contributed by atoms with Crippen LogP contribution in [0.15, 0.2) is 42.5 Å². The van der Waals surface area contributed by atoms with E-state index in [0.29, 0.717) is 42.4 Å². The first-order valence-corrected chi connectivity index (χ1v) is 12.8. The number of nitrogens with one attached hydrogen (secondary N) is 3. The van der Waals surface area contributed by atoms with Gasteiger partial charge in [0.15, 0.2) is 0 Å². The Labute approximate surface area is 215 Å². The number of ether oxygens (including phenoxy) is 3. The number of anilines is 2. The third-order valence-electron chi connectivity index (χ3n) is 5.68. The summed E-state index contributed by atoms with van der Waals surface area (Å²) in [7, 11) is 3.07. The van der Waals surface area contributed by atoms with Crippen LogP contribution in [0.5, 0.6) is 11.5 Å². The summed E-state index contributed by atoms with van der Waals surface area (Å²) in [6, 6.07) is 11.7. The van der Waals surface area contributed by atoms with E-state index in [2.05, 4.69) is 22.9 Å². The molecule has 0 aliphatic carbocycles. The van der Waals surface area contributed by atoms with Crippen molar-refractivity contribution < 1.29 is 23.8 Å². The summed E-state index contributed by atoms with van der Waals surface area (Å²) in [5.74, 6) is 0.960. The Morgan fingerprint density at radius 2 is 1.50 bits per heavy atom. The molecule has 3 N–H and O–H groups in total. The van der Waals surface area contributed by atoms with E-state index in [1.165, 1.54) is 52.1 Å². The van der Waals surface area contributed by atoms with Gasteiger partial charge in [-0.25, -0.2) is 4.79 Å². The summed E-state index contributed by atoms with van der Waals surface area (Å²) < 4.78 is 16.1. The molecular formula is C28H41N3O5. The molecule has 2 aromatic carbocycles. The van der Waals surface area contributed by atoms with Crippen LogP contribution in [-0.4, -0.2) is 45.9 Å². The zero-order valence-electron chi connectivity index (χ0n) is 21.9. The zero-order valence-corrected chi connectivity index (χ0v) is 21.9. The van der Waals surface area contributed by atoms with Crippen LogP contribution < -0.4 is 25.4 Å². The highest BCUT2D eigenvalue weighted by molar-refractivity contribution is 6.02. The lowest BCUT2D eigenvalue weighted by atomic mass is 10.1. The second-order valence-corrected chi connectivity index (χ2v) is 8.59. The van der Waals surface area contributed by atoms with Gasteiger partial charge in [0.25, 0.3) is 5.91 Å². The Hall–Kier alpha value is -3.26. The van der Waals surface area contributed by atoms with Crippen LogP contribution in [0.3, 0.4) is 0 Å². The quantitative estimate of drug-likeness (QED) is 0.224. The van der Waals surface area contributed by atoms with Gasteiger partial charge in [0.05, 0.1) is 26.0 Å². The Morgan fingerprint density at radius 3 is 2.17 bits per heavy atom. The van der Waals surface area contributed by atoms with Crippen LogP contribution >= 0.6 is 0 Å². The number of unbranched alkanes of at least 4 members (excludes halogenated alkanes) is 7. The summed E-state index contributed by atoms with van der Waals surface area (Å²) >= 11 is 0. The molecule has 8 heteroatoms. The minimum atomic E-state index is -0.446. The van der Waals surface area contributed by atoms with E-state index in [4.69, 9.17) is 14.2 Å². The number of urea groups is 1. The van der Waals surface area contributed by atoms with E-state index in [-0.39, 0.29) is 5.91 Å². The first-order chi connectivity index (χ1) is 17.6. The summed E-state index contributed by atoms with van der Waals surface area (Å²) in [5, 5.41) is 8.28. The molecule has 3 amide bonds. The van der Waals surface area contributed by atoms with E-state index < -0.39 is 6.03 Å². The van der Waals surface area contributed by atoms with Crippen molar-refractivity contribution in [2.24, 2.45) is 0 Å². The molecule has 0 saturated heterocycles. The van der Waals surface area contributed by atoms with Gasteiger partial charge in [-0.3, -0.25) is 4.79 Å². The fourth-order valence-corrected chi connectivity index (χ4v) is 3.66. The maximum Gasteiger partial charge on any atom is 0.323 e. The maximum absolute atomic E-state index is 12.6. The highest BCUT2D eigenvalue weighted by Crippen LogP contribution is 2.26. The molecular weight excluding hydrogens is 458 g/mol. The van der Waals surface area contributed by atoms with Crippen molar-refractivity contribution in [3.63, 3.8) is 0 Å². The Morgan fingerprint density at radius 1 is 0.806 bits per heavy atom. The molecule has 0 bridgehead atoms. The summed E-state index contributed by atoms with van der Waals surface area (Å²) in [5.41, 5.74) is 1.42. The normalized spacial score (nSPS) is 10.5. The molecule has 0 atom stereocenters. The molecule has 0 radical (unpaired) electrons. The number of benzene rings is 2. The number of amides is 3. The van der Waals surface area contributed by atoms with Crippen molar-refractivity contribution in [1.82, 2.24) is 5.32 Å². The zero-order chi connectivity index (χ0) is 26.0. The maximum atomic E-state index is 12.6. The van der Waals surface area contributed by atoms with Crippen LogP contribution in [0.4, 0.5) is 16.2 Å². The SMILES string of the molecule is CCCCCCCCCCOc1ccc(NC(=O)Nc2cc(C(=O)NCCOC)ccc2OC)cc1. The van der Waals surface area contributed by atoms with E-state index >= 15 is 0 Å². The third-order valence-corrected chi connectivity index (χ3v) is 5.68. The van der Waals surface area contributed by atoms with Crippen molar-refractivity contribution in [3.05, 3.63) is 48.0 Å². The molecule has 0 aliphatic rings. The van der Waals surface area contributed by atoms with Gasteiger partial charge in [0.2, 0.25) is 0 Å². The fraction of sp³-hybridized carbons (Fsp3) is 0.500. The minimum absolute atomic E-state index is 0.263. The van der Waals surface area contributed by atoms with E-state index in [0.717, 1.165) is 12.2 Å². The van der Waals surface area contributed by atoms with Gasteiger partial charge in [-0.2, -0.15) is 0 Å². The smallest absolute Gasteiger partial charge is 0.323 e. The molecule has 0 heterocycles. The third kappa shape index (κ3) is 11.0. The average molecular weight is 500 g/mol. The largest absolute Gasteiger partial charge is 0.495 e. The molecule has 2 rings (SSSR count). The minimum Gasteiger partial charge on any atom is -0.495 e. The molecule has 0 spiro atoms. The molecule has 0 fully saturated rings. The first kappa shape index (κ1) is 29.0. The topological polar surface area (TPSA) is 97.9 Å². The average Bonchev–Trinajstić information content (AvgIpc) is 2.88. The number of hydrogen-bond donors (Lipinski definition) is 3. The molecule has 0 saturated carbocycles. The summed E-state index contributed by atoms with van der Waals surface area (Å²) in [4.78, 5) is 24.9. The second-order valence-electron chi connectivity index (χ2n) is 8.59. The number of carbonyl (C=O) groups excluding carboxylic acids is 2. The summed E-state index contributed by atoms with van der Waals surface area (Å²) in [6.45, 7) is 3.74. The van der Waals surface area contributed by atoms with E-state index in [9.17, 15) is 9.59 Å². The molecule has 198 valence electrons.